The van der Waals surface area contributed by atoms with Gasteiger partial charge < -0.3 is 27.3 Å². The number of para-hydroxylation sites is 1. The smallest absolute Gasteiger partial charge is 0.778 e. The van der Waals surface area contributed by atoms with Crippen molar-refractivity contribution in [2.75, 3.05) is 7.11 Å². The van der Waals surface area contributed by atoms with E-state index in [-0.39, 0.29) is 49.7 Å². The van der Waals surface area contributed by atoms with Crippen LogP contribution in [0.5, 0.6) is 5.75 Å². The van der Waals surface area contributed by atoms with Crippen molar-refractivity contribution >= 4 is 24.7 Å². The third kappa shape index (κ3) is 5.32. The van der Waals surface area contributed by atoms with Crippen LogP contribution in [0.25, 0.3) is 6.08 Å². The molecule has 0 aliphatic heterocycles. The van der Waals surface area contributed by atoms with Crippen molar-refractivity contribution in [3.63, 3.8) is 0 Å². The van der Waals surface area contributed by atoms with Gasteiger partial charge in [-0.25, -0.2) is 0 Å². The summed E-state index contributed by atoms with van der Waals surface area (Å²) in [5.41, 5.74) is 0.629. The average molecular weight is 424 g/mol. The summed E-state index contributed by atoms with van der Waals surface area (Å²) in [6.45, 7) is 0. The summed E-state index contributed by atoms with van der Waals surface area (Å²) in [6.07, 6.45) is 1.34. The van der Waals surface area contributed by atoms with Gasteiger partial charge in [-0.15, -0.1) is 0 Å². The number of rotatable bonds is 3. The van der Waals surface area contributed by atoms with Crippen molar-refractivity contribution in [1.29, 1.82) is 0 Å². The monoisotopic (exact) mass is 422 g/mol. The topological polar surface area (TPSA) is 49.4 Å². The molecule has 0 amide bonds. The van der Waals surface area contributed by atoms with E-state index >= 15 is 0 Å². The fourth-order valence-electron chi connectivity index (χ4n) is 0.986. The Balaban J connectivity index is 0. The Hall–Kier alpha value is -0.0695. The molecule has 0 saturated heterocycles. The molecule has 6 heteroatoms. The molecule has 0 bridgehead atoms. The molecule has 0 unspecified atom stereocenters. The molecule has 0 atom stereocenters. The molecule has 0 N–H and O–H groups in total. The minimum absolute atomic E-state index is 0. The van der Waals surface area contributed by atoms with E-state index in [9.17, 15) is 9.90 Å². The van der Waals surface area contributed by atoms with Crippen LogP contribution in [-0.4, -0.2) is 13.1 Å². The predicted molar refractivity (Wildman–Crippen MR) is 53.3 cm³/mol. The molecule has 0 saturated carbocycles. The summed E-state index contributed by atoms with van der Waals surface area (Å²) < 4.78 is 5.02. The van der Waals surface area contributed by atoms with Crippen LogP contribution >= 0.6 is 0 Å². The van der Waals surface area contributed by atoms with E-state index in [2.05, 4.69) is 12.6 Å². The molecule has 0 spiro atoms. The minimum Gasteiger partial charge on any atom is -0.778 e. The molecular weight excluding hydrogens is 416 g/mol. The summed E-state index contributed by atoms with van der Waals surface area (Å²) in [6, 6.07) is 7.00. The van der Waals surface area contributed by atoms with Crippen LogP contribution in [-0.2, 0) is 62.2 Å². The van der Waals surface area contributed by atoms with Gasteiger partial charge in [0, 0.05) is 11.5 Å². The van der Waals surface area contributed by atoms with E-state index in [0.29, 0.717) is 11.3 Å². The van der Waals surface area contributed by atoms with E-state index in [4.69, 9.17) is 4.74 Å². The summed E-state index contributed by atoms with van der Waals surface area (Å²) in [5.74, 6) is -0.776. The average Bonchev–Trinajstić information content (AvgIpc) is 2.18. The second-order valence-electron chi connectivity index (χ2n) is 2.54. The molecule has 16 heavy (non-hydrogen) atoms. The minimum atomic E-state index is -1.36. The van der Waals surface area contributed by atoms with Gasteiger partial charge in [0.15, 0.2) is 0 Å². The third-order valence-corrected chi connectivity index (χ3v) is 1.91. The zero-order valence-electron chi connectivity index (χ0n) is 8.12. The van der Waals surface area contributed by atoms with Gasteiger partial charge in [0.25, 0.3) is 0 Å². The van der Waals surface area contributed by atoms with Gasteiger partial charge in [0.05, 0.1) is 7.11 Å². The molecule has 0 aromatic heterocycles. The largest absolute Gasteiger partial charge is 1.00 e. The normalized spacial score (nSPS) is 9.69. The van der Waals surface area contributed by atoms with Crippen LogP contribution in [0.2, 0.25) is 0 Å². The Bertz CT molecular complexity index is 380. The van der Waals surface area contributed by atoms with Crippen molar-refractivity contribution in [2.24, 2.45) is 0 Å². The van der Waals surface area contributed by atoms with Gasteiger partial charge in [0.2, 0.25) is 0 Å². The second-order valence-corrected chi connectivity index (χ2v) is 2.98. The van der Waals surface area contributed by atoms with Crippen LogP contribution in [0, 0.1) is 0 Å². The Morgan fingerprint density at radius 2 is 1.94 bits per heavy atom. The molecular formula is C10H8Ag2O3S. The summed E-state index contributed by atoms with van der Waals surface area (Å²) in [5, 5.41) is 10.4. The summed E-state index contributed by atoms with van der Waals surface area (Å²) in [7, 11) is 1.51. The molecule has 0 aliphatic rings. The van der Waals surface area contributed by atoms with Crippen LogP contribution in [0.3, 0.4) is 0 Å². The number of aliphatic carboxylic acids is 1. The molecule has 1 aromatic carbocycles. The van der Waals surface area contributed by atoms with Crippen molar-refractivity contribution in [3.8, 4) is 5.75 Å². The maximum Gasteiger partial charge on any atom is 1.00 e. The zero-order valence-corrected chi connectivity index (χ0v) is 11.9. The number of carbonyl (C=O) groups is 1. The number of methoxy groups -OCH3 is 1. The van der Waals surface area contributed by atoms with Crippen molar-refractivity contribution in [3.05, 3.63) is 34.7 Å². The van der Waals surface area contributed by atoms with Crippen LogP contribution in [0.1, 0.15) is 5.56 Å². The summed E-state index contributed by atoms with van der Waals surface area (Å²) in [4.78, 5) is 10.1. The van der Waals surface area contributed by atoms with E-state index in [1.807, 2.05) is 0 Å². The Morgan fingerprint density at radius 1 is 1.38 bits per heavy atom. The second kappa shape index (κ2) is 9.01. The van der Waals surface area contributed by atoms with Crippen LogP contribution in [0.4, 0.5) is 0 Å². The first kappa shape index (κ1) is 18.3. The number of hydrogen-bond donors (Lipinski definition) is 0. The zero-order chi connectivity index (χ0) is 10.6. The van der Waals surface area contributed by atoms with E-state index in [1.54, 1.807) is 24.3 Å². The molecule has 1 aromatic rings. The Labute approximate surface area is 131 Å². The van der Waals surface area contributed by atoms with E-state index in [0.717, 1.165) is 0 Å². The molecule has 0 heterocycles. The van der Waals surface area contributed by atoms with Gasteiger partial charge in [-0.05, 0) is 6.07 Å². The maximum absolute atomic E-state index is 10.4. The number of ether oxygens (including phenoxy) is 1. The van der Waals surface area contributed by atoms with Gasteiger partial charge in [-0.1, -0.05) is 24.3 Å². The third-order valence-electron chi connectivity index (χ3n) is 1.63. The van der Waals surface area contributed by atoms with Gasteiger partial charge in [-0.3, -0.25) is 0 Å². The first-order chi connectivity index (χ1) is 6.65. The molecule has 0 fully saturated rings. The summed E-state index contributed by atoms with van der Waals surface area (Å²) >= 11 is 4.59. The predicted octanol–water partition coefficient (Wildman–Crippen LogP) is 0.328. The molecule has 0 radical (unpaired) electrons. The Kier molecular flexibility index (Phi) is 10.3. The molecule has 3 nitrogen and oxygen atoms in total. The number of carboxylic acids is 1. The number of benzene rings is 1. The first-order valence-electron chi connectivity index (χ1n) is 3.88. The van der Waals surface area contributed by atoms with Gasteiger partial charge in [0.1, 0.15) is 5.75 Å². The fraction of sp³-hybridized carbons (Fsp3) is 0.100. The Morgan fingerprint density at radius 3 is 2.44 bits per heavy atom. The van der Waals surface area contributed by atoms with Gasteiger partial charge in [-0.2, -0.15) is 4.91 Å². The molecule has 94 valence electrons. The SMILES string of the molecule is COc1ccccc1/C=C(\[S-])C(=O)[O-].[Ag+].[Ag+]. The molecule has 1 rings (SSSR count). The van der Waals surface area contributed by atoms with E-state index in [1.165, 1.54) is 13.2 Å². The molecule has 0 aliphatic carbocycles. The number of carboxylic acid groups (broad SMARTS) is 1. The van der Waals surface area contributed by atoms with Crippen molar-refractivity contribution in [2.45, 2.75) is 0 Å². The van der Waals surface area contributed by atoms with Crippen molar-refractivity contribution in [1.82, 2.24) is 0 Å². The quantitative estimate of drug-likeness (QED) is 0.399. The first-order valence-corrected chi connectivity index (χ1v) is 4.29. The van der Waals surface area contributed by atoms with Crippen LogP contribution in [0.15, 0.2) is 29.2 Å². The number of carbonyl (C=O) groups excluding carboxylic acids is 1. The standard InChI is InChI=1S/C10H10O3S.2Ag/c1-13-8-5-3-2-4-7(8)6-9(14)10(11)12;;/h2-6,14H,1H3,(H,11,12);;/q;2*+1/p-2/b9-6-;;. The number of hydrogen-bond acceptors (Lipinski definition) is 4. The van der Waals surface area contributed by atoms with Crippen LogP contribution < -0.4 is 9.84 Å². The fourth-order valence-corrected chi connectivity index (χ4v) is 1.11. The maximum atomic E-state index is 10.4. The van der Waals surface area contributed by atoms with Gasteiger partial charge >= 0.3 is 44.8 Å². The van der Waals surface area contributed by atoms with E-state index < -0.39 is 5.97 Å². The van der Waals surface area contributed by atoms with Crippen molar-refractivity contribution < 1.29 is 59.4 Å².